The van der Waals surface area contributed by atoms with Gasteiger partial charge in [-0.05, 0) is 37.6 Å². The van der Waals surface area contributed by atoms with Crippen LogP contribution in [0.5, 0.6) is 0 Å². The molecule has 0 aliphatic carbocycles. The van der Waals surface area contributed by atoms with Gasteiger partial charge in [0.05, 0.1) is 18.1 Å². The van der Waals surface area contributed by atoms with E-state index in [1.165, 1.54) is 0 Å². The van der Waals surface area contributed by atoms with Crippen molar-refractivity contribution < 1.29 is 0 Å². The average Bonchev–Trinajstić information content (AvgIpc) is 3.35. The molecule has 148 valence electrons. The number of hydrogen-bond donors (Lipinski definition) is 3. The van der Waals surface area contributed by atoms with E-state index >= 15 is 0 Å². The summed E-state index contributed by atoms with van der Waals surface area (Å²) in [4.78, 5) is 13.8. The molecule has 0 aromatic carbocycles. The summed E-state index contributed by atoms with van der Waals surface area (Å²) in [6.45, 7) is 3.78. The fraction of sp³-hybridized carbons (Fsp3) is 0.105. The van der Waals surface area contributed by atoms with Gasteiger partial charge in [0.1, 0.15) is 23.2 Å². The number of hydrogen-bond acceptors (Lipinski definition) is 9. The summed E-state index contributed by atoms with van der Waals surface area (Å²) in [5.74, 6) is 3.09. The second kappa shape index (κ2) is 7.20. The molecule has 0 saturated carbocycles. The van der Waals surface area contributed by atoms with E-state index in [1.54, 1.807) is 23.1 Å². The van der Waals surface area contributed by atoms with Crippen LogP contribution in [0, 0.1) is 13.8 Å². The molecule has 11 nitrogen and oxygen atoms in total. The molecule has 0 unspecified atom stereocenters. The third-order valence-corrected chi connectivity index (χ3v) is 4.27. The standard InChI is InChI=1S/C19H17N11/c1-11-8-16(29-21-10-11)25-15-9-13(23-12(2)24-15)18-19(26-14-5-7-20-28-14)27-17-4-3-6-22-30(17)18/h3-10H,1-2H3,(H2,20,26,28)(H,23,24,25,29). The molecule has 0 fully saturated rings. The van der Waals surface area contributed by atoms with Crippen molar-refractivity contribution in [3.63, 3.8) is 0 Å². The molecule has 0 atom stereocenters. The lowest BCUT2D eigenvalue weighted by Gasteiger charge is -2.09. The summed E-state index contributed by atoms with van der Waals surface area (Å²) in [6, 6.07) is 9.25. The Morgan fingerprint density at radius 3 is 2.73 bits per heavy atom. The number of aromatic nitrogens is 9. The molecule has 11 heteroatoms. The number of nitrogens with one attached hydrogen (secondary N) is 3. The van der Waals surface area contributed by atoms with Crippen LogP contribution in [0.4, 0.5) is 23.3 Å². The quantitative estimate of drug-likeness (QED) is 0.408. The molecule has 0 bridgehead atoms. The van der Waals surface area contributed by atoms with Gasteiger partial charge in [-0.3, -0.25) is 5.10 Å². The smallest absolute Gasteiger partial charge is 0.162 e. The van der Waals surface area contributed by atoms with E-state index in [9.17, 15) is 0 Å². The Balaban J connectivity index is 1.62. The topological polar surface area (TPSA) is 134 Å². The predicted molar refractivity (Wildman–Crippen MR) is 111 cm³/mol. The van der Waals surface area contributed by atoms with Gasteiger partial charge < -0.3 is 10.6 Å². The summed E-state index contributed by atoms with van der Waals surface area (Å²) in [6.07, 6.45) is 5.06. The Labute approximate surface area is 170 Å². The van der Waals surface area contributed by atoms with Gasteiger partial charge in [0.15, 0.2) is 17.3 Å². The van der Waals surface area contributed by atoms with Gasteiger partial charge in [-0.2, -0.15) is 15.3 Å². The van der Waals surface area contributed by atoms with Crippen molar-refractivity contribution >= 4 is 28.9 Å². The Bertz CT molecular complexity index is 1320. The highest BCUT2D eigenvalue weighted by Crippen LogP contribution is 2.30. The number of H-pyrrole nitrogens is 1. The molecule has 5 aromatic rings. The Morgan fingerprint density at radius 2 is 1.90 bits per heavy atom. The van der Waals surface area contributed by atoms with Gasteiger partial charge in [0, 0.05) is 18.3 Å². The maximum atomic E-state index is 4.66. The van der Waals surface area contributed by atoms with Crippen LogP contribution in [0.3, 0.4) is 0 Å². The summed E-state index contributed by atoms with van der Waals surface area (Å²) < 4.78 is 1.73. The molecule has 0 amide bonds. The number of nitrogens with zero attached hydrogens (tertiary/aromatic N) is 8. The Hall–Kier alpha value is -4.41. The molecule has 0 aliphatic heterocycles. The SMILES string of the molecule is Cc1cnnc(Nc2cc(-c3c(Nc4ccn[nH]4)nc4cccnn34)nc(C)n2)c1. The van der Waals surface area contributed by atoms with E-state index in [2.05, 4.69) is 51.1 Å². The number of imidazole rings is 1. The first-order valence-corrected chi connectivity index (χ1v) is 9.18. The lowest BCUT2D eigenvalue weighted by Crippen LogP contribution is -2.04. The highest BCUT2D eigenvalue weighted by atomic mass is 15.3. The van der Waals surface area contributed by atoms with E-state index in [0.29, 0.717) is 46.1 Å². The minimum absolute atomic E-state index is 0.592. The van der Waals surface area contributed by atoms with Crippen LogP contribution in [0.25, 0.3) is 17.0 Å². The molecule has 5 aromatic heterocycles. The number of fused-ring (bicyclic) bond motifs is 1. The normalized spacial score (nSPS) is 11.0. The number of rotatable bonds is 5. The maximum absolute atomic E-state index is 4.66. The van der Waals surface area contributed by atoms with Gasteiger partial charge in [0.25, 0.3) is 0 Å². The lowest BCUT2D eigenvalue weighted by molar-refractivity contribution is 0.932. The minimum Gasteiger partial charge on any atom is -0.323 e. The predicted octanol–water partition coefficient (Wildman–Crippen LogP) is 2.80. The van der Waals surface area contributed by atoms with Crippen LogP contribution in [0.15, 0.2) is 48.9 Å². The molecule has 0 radical (unpaired) electrons. The first-order chi connectivity index (χ1) is 14.7. The number of aromatic amines is 1. The van der Waals surface area contributed by atoms with Crippen molar-refractivity contribution in [1.29, 1.82) is 0 Å². The van der Waals surface area contributed by atoms with E-state index in [4.69, 9.17) is 0 Å². The first kappa shape index (κ1) is 17.7. The Morgan fingerprint density at radius 1 is 0.967 bits per heavy atom. The largest absolute Gasteiger partial charge is 0.323 e. The first-order valence-electron chi connectivity index (χ1n) is 9.18. The van der Waals surface area contributed by atoms with Gasteiger partial charge in [-0.1, -0.05) is 0 Å². The molecule has 0 saturated heterocycles. The highest BCUT2D eigenvalue weighted by molar-refractivity contribution is 5.78. The van der Waals surface area contributed by atoms with Crippen LogP contribution in [-0.4, -0.2) is 45.0 Å². The van der Waals surface area contributed by atoms with E-state index < -0.39 is 0 Å². The summed E-state index contributed by atoms with van der Waals surface area (Å²) in [7, 11) is 0. The van der Waals surface area contributed by atoms with E-state index in [-0.39, 0.29) is 0 Å². The zero-order chi connectivity index (χ0) is 20.5. The highest BCUT2D eigenvalue weighted by Gasteiger charge is 2.18. The van der Waals surface area contributed by atoms with E-state index in [0.717, 1.165) is 5.56 Å². The van der Waals surface area contributed by atoms with Crippen molar-refractivity contribution in [2.24, 2.45) is 0 Å². The van der Waals surface area contributed by atoms with E-state index in [1.807, 2.05) is 44.2 Å². The molecular formula is C19H17N11. The molecule has 0 spiro atoms. The fourth-order valence-corrected chi connectivity index (χ4v) is 3.07. The average molecular weight is 399 g/mol. The van der Waals surface area contributed by atoms with Crippen LogP contribution in [0.2, 0.25) is 0 Å². The van der Waals surface area contributed by atoms with Crippen molar-refractivity contribution in [3.8, 4) is 11.4 Å². The summed E-state index contributed by atoms with van der Waals surface area (Å²) in [5, 5.41) is 25.8. The van der Waals surface area contributed by atoms with Gasteiger partial charge in [-0.25, -0.2) is 19.5 Å². The van der Waals surface area contributed by atoms with Crippen molar-refractivity contribution in [3.05, 3.63) is 60.3 Å². The molecule has 5 heterocycles. The number of aryl methyl sites for hydroxylation is 2. The second-order valence-corrected chi connectivity index (χ2v) is 6.63. The molecule has 0 aliphatic rings. The maximum Gasteiger partial charge on any atom is 0.162 e. The lowest BCUT2D eigenvalue weighted by atomic mass is 10.2. The van der Waals surface area contributed by atoms with Gasteiger partial charge >= 0.3 is 0 Å². The third-order valence-electron chi connectivity index (χ3n) is 4.27. The molecular weight excluding hydrogens is 382 g/mol. The summed E-state index contributed by atoms with van der Waals surface area (Å²) >= 11 is 0. The molecule has 5 rings (SSSR count). The molecule has 30 heavy (non-hydrogen) atoms. The van der Waals surface area contributed by atoms with Crippen molar-refractivity contribution in [2.75, 3.05) is 10.6 Å². The summed E-state index contributed by atoms with van der Waals surface area (Å²) in [5.41, 5.74) is 3.03. The zero-order valence-electron chi connectivity index (χ0n) is 16.2. The van der Waals surface area contributed by atoms with Gasteiger partial charge in [0.2, 0.25) is 0 Å². The third kappa shape index (κ3) is 3.39. The van der Waals surface area contributed by atoms with Crippen molar-refractivity contribution in [2.45, 2.75) is 13.8 Å². The minimum atomic E-state index is 0.592. The number of anilines is 4. The second-order valence-electron chi connectivity index (χ2n) is 6.63. The van der Waals surface area contributed by atoms with Crippen LogP contribution < -0.4 is 10.6 Å². The van der Waals surface area contributed by atoms with Crippen molar-refractivity contribution in [1.82, 2.24) is 45.0 Å². The monoisotopic (exact) mass is 399 g/mol. The van der Waals surface area contributed by atoms with Crippen LogP contribution in [-0.2, 0) is 0 Å². The fourth-order valence-electron chi connectivity index (χ4n) is 3.07. The zero-order valence-corrected chi connectivity index (χ0v) is 16.2. The Kier molecular flexibility index (Phi) is 4.24. The van der Waals surface area contributed by atoms with Gasteiger partial charge in [-0.15, -0.1) is 5.10 Å². The molecule has 3 N–H and O–H groups in total. The van der Waals surface area contributed by atoms with Crippen LogP contribution >= 0.6 is 0 Å². The van der Waals surface area contributed by atoms with Crippen LogP contribution in [0.1, 0.15) is 11.4 Å².